The van der Waals surface area contributed by atoms with Gasteiger partial charge in [0.2, 0.25) is 0 Å². The average Bonchev–Trinajstić information content (AvgIpc) is 2.76. The van der Waals surface area contributed by atoms with E-state index in [2.05, 4.69) is 10.2 Å². The molecule has 0 saturated carbocycles. The van der Waals surface area contributed by atoms with Crippen LogP contribution in [0, 0.1) is 11.7 Å². The molecule has 15 heavy (non-hydrogen) atoms. The fraction of sp³-hybridized carbons (Fsp3) is 0.500. The second-order valence-electron chi connectivity index (χ2n) is 4.49. The molecule has 80 valence electrons. The van der Waals surface area contributed by atoms with E-state index >= 15 is 0 Å². The molecule has 2 saturated heterocycles. The number of benzene rings is 1. The molecule has 0 unspecified atom stereocenters. The molecule has 3 heteroatoms. The van der Waals surface area contributed by atoms with Crippen molar-refractivity contribution in [2.24, 2.45) is 5.92 Å². The molecule has 2 heterocycles. The summed E-state index contributed by atoms with van der Waals surface area (Å²) in [4.78, 5) is 2.28. The first-order valence-electron chi connectivity index (χ1n) is 5.57. The highest BCUT2D eigenvalue weighted by Crippen LogP contribution is 2.28. The van der Waals surface area contributed by atoms with Gasteiger partial charge in [-0.3, -0.25) is 0 Å². The smallest absolute Gasteiger partial charge is 0.125 e. The normalized spacial score (nSPS) is 29.5. The lowest BCUT2D eigenvalue weighted by atomic mass is 10.1. The van der Waals surface area contributed by atoms with Crippen LogP contribution < -0.4 is 10.2 Å². The Morgan fingerprint density at radius 2 is 2.27 bits per heavy atom. The van der Waals surface area contributed by atoms with Gasteiger partial charge in [0, 0.05) is 24.8 Å². The third kappa shape index (κ3) is 1.61. The van der Waals surface area contributed by atoms with Gasteiger partial charge < -0.3 is 10.2 Å². The lowest BCUT2D eigenvalue weighted by Crippen LogP contribution is -2.30. The third-order valence-electron chi connectivity index (χ3n) is 3.54. The van der Waals surface area contributed by atoms with E-state index in [-0.39, 0.29) is 5.82 Å². The van der Waals surface area contributed by atoms with Crippen LogP contribution in [0.2, 0.25) is 0 Å². The van der Waals surface area contributed by atoms with Crippen LogP contribution in [-0.4, -0.2) is 25.7 Å². The maximum absolute atomic E-state index is 13.1. The third-order valence-corrected chi connectivity index (χ3v) is 3.54. The van der Waals surface area contributed by atoms with Gasteiger partial charge in [0.05, 0.1) is 0 Å². The standard InChI is InChI=1S/C12H15FN2/c13-10-2-1-3-11(6-10)15-7-9-4-5-14-12(9)8-15/h1-3,6,9,12,14H,4-5,7-8H2/t9-,12+/m0/s1. The molecular weight excluding hydrogens is 191 g/mol. The summed E-state index contributed by atoms with van der Waals surface area (Å²) in [7, 11) is 0. The average molecular weight is 206 g/mol. The van der Waals surface area contributed by atoms with Crippen LogP contribution in [0.1, 0.15) is 6.42 Å². The molecule has 2 aliphatic heterocycles. The number of halogens is 1. The monoisotopic (exact) mass is 206 g/mol. The van der Waals surface area contributed by atoms with Gasteiger partial charge in [-0.1, -0.05) is 6.07 Å². The molecule has 0 amide bonds. The number of nitrogens with one attached hydrogen (secondary N) is 1. The molecule has 2 nitrogen and oxygen atoms in total. The Hall–Kier alpha value is -1.09. The van der Waals surface area contributed by atoms with E-state index < -0.39 is 0 Å². The molecule has 0 aliphatic carbocycles. The first-order valence-corrected chi connectivity index (χ1v) is 5.57. The quantitative estimate of drug-likeness (QED) is 0.751. The van der Waals surface area contributed by atoms with E-state index in [0.717, 1.165) is 31.2 Å². The number of nitrogens with zero attached hydrogens (tertiary/aromatic N) is 1. The van der Waals surface area contributed by atoms with Crippen LogP contribution in [0.15, 0.2) is 24.3 Å². The highest BCUT2D eigenvalue weighted by molar-refractivity contribution is 5.48. The van der Waals surface area contributed by atoms with Crippen LogP contribution in [-0.2, 0) is 0 Å². The van der Waals surface area contributed by atoms with Gasteiger partial charge >= 0.3 is 0 Å². The molecular formula is C12H15FN2. The number of anilines is 1. The summed E-state index contributed by atoms with van der Waals surface area (Å²) >= 11 is 0. The number of rotatable bonds is 1. The lowest BCUT2D eigenvalue weighted by molar-refractivity contribution is 0.556. The zero-order valence-corrected chi connectivity index (χ0v) is 8.62. The van der Waals surface area contributed by atoms with E-state index in [9.17, 15) is 4.39 Å². The summed E-state index contributed by atoms with van der Waals surface area (Å²) in [5, 5.41) is 3.50. The largest absolute Gasteiger partial charge is 0.370 e. The highest BCUT2D eigenvalue weighted by Gasteiger charge is 2.35. The van der Waals surface area contributed by atoms with Crippen molar-refractivity contribution in [1.82, 2.24) is 5.32 Å². The SMILES string of the molecule is Fc1cccc(N2C[C@@H]3CCN[C@@H]3C2)c1. The van der Waals surface area contributed by atoms with Crippen molar-refractivity contribution in [1.29, 1.82) is 0 Å². The second-order valence-corrected chi connectivity index (χ2v) is 4.49. The summed E-state index contributed by atoms with van der Waals surface area (Å²) in [5.74, 6) is 0.616. The molecule has 0 aromatic heterocycles. The van der Waals surface area contributed by atoms with E-state index in [1.54, 1.807) is 12.1 Å². The van der Waals surface area contributed by atoms with Crippen molar-refractivity contribution < 1.29 is 4.39 Å². The second kappa shape index (κ2) is 3.49. The topological polar surface area (TPSA) is 15.3 Å². The molecule has 1 aromatic carbocycles. The Labute approximate surface area is 89.1 Å². The van der Waals surface area contributed by atoms with Crippen molar-refractivity contribution in [3.8, 4) is 0 Å². The van der Waals surface area contributed by atoms with Gasteiger partial charge in [0.15, 0.2) is 0 Å². The van der Waals surface area contributed by atoms with Gasteiger partial charge in [0.1, 0.15) is 5.82 Å². The molecule has 1 N–H and O–H groups in total. The lowest BCUT2D eigenvalue weighted by Gasteiger charge is -2.19. The van der Waals surface area contributed by atoms with Crippen molar-refractivity contribution in [3.05, 3.63) is 30.1 Å². The minimum absolute atomic E-state index is 0.141. The van der Waals surface area contributed by atoms with Crippen molar-refractivity contribution in [2.75, 3.05) is 24.5 Å². The Morgan fingerprint density at radius 3 is 3.07 bits per heavy atom. The summed E-state index contributed by atoms with van der Waals surface area (Å²) < 4.78 is 13.1. The van der Waals surface area contributed by atoms with Crippen LogP contribution in [0.4, 0.5) is 10.1 Å². The maximum atomic E-state index is 13.1. The Morgan fingerprint density at radius 1 is 1.33 bits per heavy atom. The van der Waals surface area contributed by atoms with Crippen LogP contribution in [0.5, 0.6) is 0 Å². The van der Waals surface area contributed by atoms with E-state index in [4.69, 9.17) is 0 Å². The summed E-state index contributed by atoms with van der Waals surface area (Å²) in [6.07, 6.45) is 1.26. The minimum atomic E-state index is -0.141. The molecule has 0 spiro atoms. The fourth-order valence-electron chi connectivity index (χ4n) is 2.73. The molecule has 2 aliphatic rings. The summed E-state index contributed by atoms with van der Waals surface area (Å²) in [6.45, 7) is 3.24. The van der Waals surface area contributed by atoms with Crippen LogP contribution in [0.3, 0.4) is 0 Å². The Kier molecular flexibility index (Phi) is 2.13. The van der Waals surface area contributed by atoms with Crippen molar-refractivity contribution in [3.63, 3.8) is 0 Å². The molecule has 3 rings (SSSR count). The zero-order chi connectivity index (χ0) is 10.3. The number of hydrogen-bond donors (Lipinski definition) is 1. The Balaban J connectivity index is 1.79. The van der Waals surface area contributed by atoms with Gasteiger partial charge in [-0.05, 0) is 37.1 Å². The van der Waals surface area contributed by atoms with Gasteiger partial charge in [-0.2, -0.15) is 0 Å². The van der Waals surface area contributed by atoms with Crippen LogP contribution in [0.25, 0.3) is 0 Å². The fourth-order valence-corrected chi connectivity index (χ4v) is 2.73. The van der Waals surface area contributed by atoms with Gasteiger partial charge in [-0.25, -0.2) is 4.39 Å². The highest BCUT2D eigenvalue weighted by atomic mass is 19.1. The van der Waals surface area contributed by atoms with Crippen LogP contribution >= 0.6 is 0 Å². The number of fused-ring (bicyclic) bond motifs is 1. The molecule has 2 atom stereocenters. The van der Waals surface area contributed by atoms with Gasteiger partial charge in [-0.15, -0.1) is 0 Å². The van der Waals surface area contributed by atoms with E-state index in [1.165, 1.54) is 12.5 Å². The van der Waals surface area contributed by atoms with E-state index in [0.29, 0.717) is 6.04 Å². The van der Waals surface area contributed by atoms with Gasteiger partial charge in [0.25, 0.3) is 0 Å². The zero-order valence-electron chi connectivity index (χ0n) is 8.62. The summed E-state index contributed by atoms with van der Waals surface area (Å²) in [6, 6.07) is 7.52. The summed E-state index contributed by atoms with van der Waals surface area (Å²) in [5.41, 5.74) is 1.02. The molecule has 2 fully saturated rings. The maximum Gasteiger partial charge on any atom is 0.125 e. The first kappa shape index (κ1) is 9.16. The van der Waals surface area contributed by atoms with Crippen molar-refractivity contribution >= 4 is 5.69 Å². The molecule has 0 bridgehead atoms. The van der Waals surface area contributed by atoms with E-state index in [1.807, 2.05) is 6.07 Å². The minimum Gasteiger partial charge on any atom is -0.370 e. The predicted octanol–water partition coefficient (Wildman–Crippen LogP) is 1.62. The molecule has 1 aromatic rings. The Bertz CT molecular complexity index is 354. The first-order chi connectivity index (χ1) is 7.33. The van der Waals surface area contributed by atoms with Crippen molar-refractivity contribution in [2.45, 2.75) is 12.5 Å². The predicted molar refractivity (Wildman–Crippen MR) is 58.5 cm³/mol. The number of hydrogen-bond acceptors (Lipinski definition) is 2. The molecule has 0 radical (unpaired) electrons.